The predicted octanol–water partition coefficient (Wildman–Crippen LogP) is 4.28. The molecule has 8 heteroatoms. The van der Waals surface area contributed by atoms with Crippen molar-refractivity contribution in [1.82, 2.24) is 39.8 Å². The lowest BCUT2D eigenvalue weighted by molar-refractivity contribution is 0.362. The van der Waals surface area contributed by atoms with E-state index in [1.807, 2.05) is 43.5 Å². The highest BCUT2D eigenvalue weighted by Gasteiger charge is 2.19. The summed E-state index contributed by atoms with van der Waals surface area (Å²) in [5.41, 5.74) is 8.14. The summed E-state index contributed by atoms with van der Waals surface area (Å²) >= 11 is 0. The predicted molar refractivity (Wildman–Crippen MR) is 136 cm³/mol. The number of rotatable bonds is 7. The Labute approximate surface area is 204 Å². The molecular formula is C27H30N8. The van der Waals surface area contributed by atoms with Gasteiger partial charge < -0.3 is 10.3 Å². The van der Waals surface area contributed by atoms with Gasteiger partial charge in [-0.2, -0.15) is 5.10 Å². The molecule has 2 N–H and O–H groups in total. The smallest absolute Gasteiger partial charge is 0.155 e. The van der Waals surface area contributed by atoms with Gasteiger partial charge in [0.1, 0.15) is 12.2 Å². The number of imidazole rings is 1. The second-order valence-corrected chi connectivity index (χ2v) is 9.35. The fraction of sp³-hybridized carbons (Fsp3) is 0.333. The van der Waals surface area contributed by atoms with Crippen LogP contribution in [-0.4, -0.2) is 54.1 Å². The number of aromatic nitrogens is 6. The summed E-state index contributed by atoms with van der Waals surface area (Å²) < 4.78 is 1.78. The van der Waals surface area contributed by atoms with E-state index < -0.39 is 0 Å². The van der Waals surface area contributed by atoms with Crippen LogP contribution in [0.15, 0.2) is 66.3 Å². The summed E-state index contributed by atoms with van der Waals surface area (Å²) in [6.45, 7) is 6.11. The summed E-state index contributed by atoms with van der Waals surface area (Å²) in [4.78, 5) is 20.2. The number of allylic oxidation sites excluding steroid dienone is 2. The van der Waals surface area contributed by atoms with Crippen molar-refractivity contribution in [2.24, 2.45) is 0 Å². The van der Waals surface area contributed by atoms with Gasteiger partial charge in [0.15, 0.2) is 5.65 Å². The maximum absolute atomic E-state index is 5.01. The third-order valence-corrected chi connectivity index (χ3v) is 6.78. The van der Waals surface area contributed by atoms with Gasteiger partial charge in [-0.3, -0.25) is 9.88 Å². The van der Waals surface area contributed by atoms with Crippen LogP contribution in [0.2, 0.25) is 0 Å². The molecule has 0 radical (unpaired) electrons. The van der Waals surface area contributed by atoms with E-state index >= 15 is 0 Å². The minimum absolute atomic E-state index is 0.619. The van der Waals surface area contributed by atoms with Crippen molar-refractivity contribution >= 4 is 5.65 Å². The van der Waals surface area contributed by atoms with Crippen molar-refractivity contribution in [3.8, 4) is 22.6 Å². The Balaban J connectivity index is 1.31. The van der Waals surface area contributed by atoms with Crippen LogP contribution in [0.25, 0.3) is 28.3 Å². The van der Waals surface area contributed by atoms with E-state index in [2.05, 4.69) is 37.4 Å². The molecule has 1 aliphatic carbocycles. The van der Waals surface area contributed by atoms with Crippen LogP contribution in [0, 0.1) is 6.92 Å². The standard InChI is InChI=1S/C27H30N8/c1-19-7-6-10-23(31-19)27-26(21-11-12-25-29-18-30-35(25)17-21)32-24(33-27)15-28-22-9-3-2-8-20(22)16-34-13-4-5-14-34/h3,6-7,9-12,17-18,28H,2,4-5,8,13-16H2,1H3,(H,32,33). The fourth-order valence-electron chi connectivity index (χ4n) is 4.99. The lowest BCUT2D eigenvalue weighted by atomic mass is 10.0. The van der Waals surface area contributed by atoms with E-state index in [4.69, 9.17) is 9.97 Å². The minimum atomic E-state index is 0.619. The van der Waals surface area contributed by atoms with Crippen LogP contribution in [-0.2, 0) is 6.54 Å². The average molecular weight is 467 g/mol. The second kappa shape index (κ2) is 9.46. The van der Waals surface area contributed by atoms with Crippen LogP contribution in [0.1, 0.15) is 37.2 Å². The first-order chi connectivity index (χ1) is 17.2. The quantitative estimate of drug-likeness (QED) is 0.423. The molecule has 0 saturated carbocycles. The molecule has 1 saturated heterocycles. The first-order valence-corrected chi connectivity index (χ1v) is 12.4. The topological polar surface area (TPSA) is 87.0 Å². The largest absolute Gasteiger partial charge is 0.378 e. The van der Waals surface area contributed by atoms with Crippen molar-refractivity contribution in [2.75, 3.05) is 19.6 Å². The van der Waals surface area contributed by atoms with Crippen molar-refractivity contribution in [3.63, 3.8) is 0 Å². The zero-order valence-electron chi connectivity index (χ0n) is 20.0. The van der Waals surface area contributed by atoms with Crippen LogP contribution in [0.4, 0.5) is 0 Å². The van der Waals surface area contributed by atoms with Gasteiger partial charge in [0.2, 0.25) is 0 Å². The summed E-state index contributed by atoms with van der Waals surface area (Å²) in [6, 6.07) is 10.1. The van der Waals surface area contributed by atoms with Crippen LogP contribution >= 0.6 is 0 Å². The van der Waals surface area contributed by atoms with Crippen LogP contribution in [0.3, 0.4) is 0 Å². The van der Waals surface area contributed by atoms with E-state index in [-0.39, 0.29) is 0 Å². The van der Waals surface area contributed by atoms with E-state index in [0.29, 0.717) is 6.54 Å². The normalized spacial score (nSPS) is 16.5. The molecule has 0 amide bonds. The number of nitrogens with one attached hydrogen (secondary N) is 2. The Hall–Kier alpha value is -3.78. The Bertz CT molecular complexity index is 1400. The zero-order chi connectivity index (χ0) is 23.6. The van der Waals surface area contributed by atoms with Gasteiger partial charge >= 0.3 is 0 Å². The van der Waals surface area contributed by atoms with Crippen LogP contribution in [0.5, 0.6) is 0 Å². The second-order valence-electron chi connectivity index (χ2n) is 9.35. The van der Waals surface area contributed by atoms with Crippen molar-refractivity contribution in [3.05, 3.63) is 77.8 Å². The maximum Gasteiger partial charge on any atom is 0.155 e. The molecule has 4 aromatic rings. The van der Waals surface area contributed by atoms with E-state index in [1.54, 1.807) is 10.8 Å². The van der Waals surface area contributed by atoms with E-state index in [9.17, 15) is 0 Å². The molecule has 1 aliphatic heterocycles. The summed E-state index contributed by atoms with van der Waals surface area (Å²) in [5, 5.41) is 7.96. The first-order valence-electron chi connectivity index (χ1n) is 12.4. The first kappa shape index (κ1) is 21.7. The van der Waals surface area contributed by atoms with Gasteiger partial charge in [-0.1, -0.05) is 12.1 Å². The SMILES string of the molecule is Cc1cccc(-c2[nH]c(CNC3=C(CN4CCCC4)CCC=C3)nc2-c2ccc3ncnn3c2)n1. The number of aromatic amines is 1. The molecular weight excluding hydrogens is 436 g/mol. The maximum atomic E-state index is 5.01. The molecule has 0 bridgehead atoms. The Morgan fingerprint density at radius 3 is 2.89 bits per heavy atom. The number of nitrogens with zero attached hydrogens (tertiary/aromatic N) is 6. The zero-order valence-corrected chi connectivity index (χ0v) is 20.0. The third-order valence-electron chi connectivity index (χ3n) is 6.78. The number of aryl methyl sites for hydroxylation is 1. The number of H-pyrrole nitrogens is 1. The molecule has 8 nitrogen and oxygen atoms in total. The Morgan fingerprint density at radius 2 is 2.00 bits per heavy atom. The minimum Gasteiger partial charge on any atom is -0.378 e. The Morgan fingerprint density at radius 1 is 1.09 bits per heavy atom. The lowest BCUT2D eigenvalue weighted by Crippen LogP contribution is -2.26. The number of hydrogen-bond donors (Lipinski definition) is 2. The van der Waals surface area contributed by atoms with Crippen molar-refractivity contribution in [2.45, 2.75) is 39.2 Å². The highest BCUT2D eigenvalue weighted by molar-refractivity contribution is 5.77. The average Bonchev–Trinajstić information content (AvgIpc) is 3.64. The van der Waals surface area contributed by atoms with E-state index in [0.717, 1.165) is 59.2 Å². The van der Waals surface area contributed by atoms with Crippen molar-refractivity contribution < 1.29 is 0 Å². The number of pyridine rings is 2. The molecule has 1 fully saturated rings. The molecule has 178 valence electrons. The van der Waals surface area contributed by atoms with Crippen LogP contribution < -0.4 is 5.32 Å². The highest BCUT2D eigenvalue weighted by atomic mass is 15.3. The molecule has 5 heterocycles. The van der Waals surface area contributed by atoms with E-state index in [1.165, 1.54) is 37.2 Å². The number of fused-ring (bicyclic) bond motifs is 1. The molecule has 0 spiro atoms. The summed E-state index contributed by atoms with van der Waals surface area (Å²) in [6.07, 6.45) is 12.9. The summed E-state index contributed by atoms with van der Waals surface area (Å²) in [5.74, 6) is 0.879. The van der Waals surface area contributed by atoms with Gasteiger partial charge in [-0.15, -0.1) is 0 Å². The van der Waals surface area contributed by atoms with Gasteiger partial charge in [0.05, 0.1) is 23.6 Å². The number of likely N-dealkylation sites (tertiary alicyclic amines) is 1. The molecule has 35 heavy (non-hydrogen) atoms. The number of hydrogen-bond acceptors (Lipinski definition) is 6. The molecule has 0 aromatic carbocycles. The molecule has 2 aliphatic rings. The molecule has 4 aromatic heterocycles. The highest BCUT2D eigenvalue weighted by Crippen LogP contribution is 2.30. The van der Waals surface area contributed by atoms with Gasteiger partial charge in [-0.05, 0) is 81.6 Å². The van der Waals surface area contributed by atoms with Gasteiger partial charge in [0, 0.05) is 29.7 Å². The van der Waals surface area contributed by atoms with Gasteiger partial charge in [0.25, 0.3) is 0 Å². The van der Waals surface area contributed by atoms with Gasteiger partial charge in [-0.25, -0.2) is 14.5 Å². The van der Waals surface area contributed by atoms with Crippen molar-refractivity contribution in [1.29, 1.82) is 0 Å². The fourth-order valence-corrected chi connectivity index (χ4v) is 4.99. The Kier molecular flexibility index (Phi) is 5.88. The summed E-state index contributed by atoms with van der Waals surface area (Å²) in [7, 11) is 0. The lowest BCUT2D eigenvalue weighted by Gasteiger charge is -2.22. The molecule has 0 unspecified atom stereocenters. The monoisotopic (exact) mass is 466 g/mol. The molecule has 6 rings (SSSR count). The third kappa shape index (κ3) is 4.61. The molecule has 0 atom stereocenters.